The highest BCUT2D eigenvalue weighted by molar-refractivity contribution is 7.89. The van der Waals surface area contributed by atoms with Gasteiger partial charge in [-0.25, -0.2) is 17.5 Å². The Labute approximate surface area is 191 Å². The van der Waals surface area contributed by atoms with Gasteiger partial charge in [-0.05, 0) is 48.7 Å². The Balaban J connectivity index is 1.53. The predicted molar refractivity (Wildman–Crippen MR) is 119 cm³/mol. The van der Waals surface area contributed by atoms with Gasteiger partial charge in [0.2, 0.25) is 15.9 Å². The van der Waals surface area contributed by atoms with E-state index in [1.165, 1.54) is 28.6 Å². The molecule has 0 radical (unpaired) electrons. The minimum absolute atomic E-state index is 0.0760. The molecule has 2 heterocycles. The number of carbonyl (C=O) groups excluding carboxylic acids is 1. The summed E-state index contributed by atoms with van der Waals surface area (Å²) in [4.78, 5) is 13.0. The molecule has 1 aromatic heterocycles. The van der Waals surface area contributed by atoms with Gasteiger partial charge in [-0.1, -0.05) is 23.8 Å². The fraction of sp³-hybridized carbons (Fsp3) is 0.409. The molecule has 1 atom stereocenters. The molecule has 3 aromatic rings. The number of hydrogen-bond donors (Lipinski definition) is 1. The number of nitrogens with zero attached hydrogens (tertiary/aromatic N) is 4. The van der Waals surface area contributed by atoms with E-state index in [4.69, 9.17) is 4.74 Å². The second-order valence-corrected chi connectivity index (χ2v) is 9.82. The van der Waals surface area contributed by atoms with Gasteiger partial charge in [0.05, 0.1) is 23.6 Å². The number of benzene rings is 2. The van der Waals surface area contributed by atoms with Gasteiger partial charge in [0.1, 0.15) is 17.4 Å². The molecule has 1 aliphatic rings. The van der Waals surface area contributed by atoms with Crippen LogP contribution in [0.3, 0.4) is 0 Å². The smallest absolute Gasteiger partial charge is 0.243 e. The van der Waals surface area contributed by atoms with Crippen LogP contribution in [0, 0.1) is 5.82 Å². The molecule has 0 spiro atoms. The van der Waals surface area contributed by atoms with Crippen LogP contribution in [0.1, 0.15) is 24.8 Å². The molecule has 0 saturated carbocycles. The molecule has 11 heteroatoms. The van der Waals surface area contributed by atoms with E-state index < -0.39 is 16.1 Å². The Morgan fingerprint density at radius 2 is 2.00 bits per heavy atom. The lowest BCUT2D eigenvalue weighted by molar-refractivity contribution is -0.125. The maximum absolute atomic E-state index is 13.5. The molecule has 1 aliphatic heterocycles. The van der Waals surface area contributed by atoms with E-state index in [1.54, 1.807) is 30.0 Å². The molecule has 1 fully saturated rings. The molecule has 1 N–H and O–H groups in total. The Hall–Kier alpha value is -2.89. The quantitative estimate of drug-likeness (QED) is 0.535. The fourth-order valence-electron chi connectivity index (χ4n) is 3.95. The average Bonchev–Trinajstić information content (AvgIpc) is 3.24. The summed E-state index contributed by atoms with van der Waals surface area (Å²) in [5.41, 5.74) is 1.90. The first kappa shape index (κ1) is 23.3. The summed E-state index contributed by atoms with van der Waals surface area (Å²) in [6, 6.07) is 9.68. The molecule has 1 saturated heterocycles. The van der Waals surface area contributed by atoms with Crippen LogP contribution in [0.15, 0.2) is 47.4 Å². The number of methoxy groups -OCH3 is 1. The number of nitrogens with one attached hydrogen (secondary N) is 1. The maximum Gasteiger partial charge on any atom is 0.243 e. The van der Waals surface area contributed by atoms with Crippen LogP contribution in [0.25, 0.3) is 11.0 Å². The lowest BCUT2D eigenvalue weighted by Gasteiger charge is -2.33. The van der Waals surface area contributed by atoms with E-state index in [2.05, 4.69) is 15.6 Å². The standard InChI is InChI=1S/C22H26FN5O4S/c1-32-13-12-27-20-10-9-18(14-19(20)25-26-27)33(30,31)28-11-3-2-4-21(28)22(29)24-15-16-5-7-17(23)8-6-16/h5-10,14,21H,2-4,11-13,15H2,1H3,(H,24,29)/t21-/m1/s1. The third kappa shape index (κ3) is 5.05. The summed E-state index contributed by atoms with van der Waals surface area (Å²) in [7, 11) is -2.33. The Morgan fingerprint density at radius 3 is 2.76 bits per heavy atom. The molecule has 0 unspecified atom stereocenters. The fourth-order valence-corrected chi connectivity index (χ4v) is 5.63. The van der Waals surface area contributed by atoms with Crippen molar-refractivity contribution in [3.8, 4) is 0 Å². The number of sulfonamides is 1. The zero-order valence-corrected chi connectivity index (χ0v) is 19.1. The molecular weight excluding hydrogens is 449 g/mol. The molecule has 176 valence electrons. The van der Waals surface area contributed by atoms with Gasteiger partial charge in [-0.2, -0.15) is 4.31 Å². The van der Waals surface area contributed by atoms with Crippen molar-refractivity contribution in [1.29, 1.82) is 0 Å². The molecule has 33 heavy (non-hydrogen) atoms. The lowest BCUT2D eigenvalue weighted by atomic mass is 10.0. The van der Waals surface area contributed by atoms with E-state index in [1.807, 2.05) is 0 Å². The van der Waals surface area contributed by atoms with Gasteiger partial charge in [-0.15, -0.1) is 5.10 Å². The summed E-state index contributed by atoms with van der Waals surface area (Å²) >= 11 is 0. The summed E-state index contributed by atoms with van der Waals surface area (Å²) in [5.74, 6) is -0.723. The number of fused-ring (bicyclic) bond motifs is 1. The van der Waals surface area contributed by atoms with Crippen molar-refractivity contribution in [2.75, 3.05) is 20.3 Å². The third-order valence-corrected chi connectivity index (χ3v) is 7.64. The summed E-state index contributed by atoms with van der Waals surface area (Å²) in [6.07, 6.45) is 1.87. The minimum atomic E-state index is -3.92. The molecule has 0 bridgehead atoms. The number of ether oxygens (including phenoxy) is 1. The molecule has 2 aromatic carbocycles. The maximum atomic E-state index is 13.5. The minimum Gasteiger partial charge on any atom is -0.383 e. The van der Waals surface area contributed by atoms with E-state index in [0.29, 0.717) is 37.0 Å². The van der Waals surface area contributed by atoms with Crippen LogP contribution < -0.4 is 5.32 Å². The first-order valence-corrected chi connectivity index (χ1v) is 12.2. The van der Waals surface area contributed by atoms with Gasteiger partial charge in [0.15, 0.2) is 0 Å². The van der Waals surface area contributed by atoms with Crippen LogP contribution >= 0.6 is 0 Å². The van der Waals surface area contributed by atoms with Gasteiger partial charge in [0.25, 0.3) is 0 Å². The van der Waals surface area contributed by atoms with E-state index in [0.717, 1.165) is 12.0 Å². The van der Waals surface area contributed by atoms with Gasteiger partial charge >= 0.3 is 0 Å². The van der Waals surface area contributed by atoms with E-state index in [9.17, 15) is 17.6 Å². The van der Waals surface area contributed by atoms with Crippen molar-refractivity contribution in [2.24, 2.45) is 0 Å². The SMILES string of the molecule is COCCn1nnc2cc(S(=O)(=O)N3CCCC[C@@H]3C(=O)NCc3ccc(F)cc3)ccc21. The molecule has 0 aliphatic carbocycles. The number of amides is 1. The number of hydrogen-bond acceptors (Lipinski definition) is 6. The van der Waals surface area contributed by atoms with Crippen LogP contribution in [0.5, 0.6) is 0 Å². The topological polar surface area (TPSA) is 106 Å². The normalized spacial score (nSPS) is 17.3. The highest BCUT2D eigenvalue weighted by Crippen LogP contribution is 2.27. The van der Waals surface area contributed by atoms with Crippen molar-refractivity contribution in [2.45, 2.75) is 43.3 Å². The number of aromatic nitrogens is 3. The van der Waals surface area contributed by atoms with Crippen LogP contribution in [-0.2, 0) is 32.6 Å². The lowest BCUT2D eigenvalue weighted by Crippen LogP contribution is -2.51. The Kier molecular flexibility index (Phi) is 7.01. The molecule has 4 rings (SSSR count). The van der Waals surface area contributed by atoms with Gasteiger partial charge < -0.3 is 10.1 Å². The second-order valence-electron chi connectivity index (χ2n) is 7.93. The van der Waals surface area contributed by atoms with Gasteiger partial charge in [-0.3, -0.25) is 4.79 Å². The highest BCUT2D eigenvalue weighted by Gasteiger charge is 2.37. The van der Waals surface area contributed by atoms with Gasteiger partial charge in [0, 0.05) is 20.2 Å². The first-order chi connectivity index (χ1) is 15.9. The third-order valence-electron chi connectivity index (χ3n) is 5.74. The van der Waals surface area contributed by atoms with Crippen molar-refractivity contribution in [1.82, 2.24) is 24.6 Å². The Morgan fingerprint density at radius 1 is 1.21 bits per heavy atom. The zero-order chi connectivity index (χ0) is 23.4. The van der Waals surface area contributed by atoms with Crippen molar-refractivity contribution in [3.63, 3.8) is 0 Å². The van der Waals surface area contributed by atoms with E-state index >= 15 is 0 Å². The van der Waals surface area contributed by atoms with E-state index in [-0.39, 0.29) is 29.7 Å². The largest absolute Gasteiger partial charge is 0.383 e. The molecule has 9 nitrogen and oxygen atoms in total. The van der Waals surface area contributed by atoms with Crippen LogP contribution in [0.2, 0.25) is 0 Å². The number of rotatable bonds is 8. The van der Waals surface area contributed by atoms with Crippen molar-refractivity contribution in [3.05, 3.63) is 53.8 Å². The van der Waals surface area contributed by atoms with Crippen LogP contribution in [-0.4, -0.2) is 59.9 Å². The highest BCUT2D eigenvalue weighted by atomic mass is 32.2. The number of halogens is 1. The first-order valence-electron chi connectivity index (χ1n) is 10.8. The van der Waals surface area contributed by atoms with Crippen molar-refractivity contribution >= 4 is 27.0 Å². The van der Waals surface area contributed by atoms with Crippen LogP contribution in [0.4, 0.5) is 4.39 Å². The molecule has 1 amide bonds. The average molecular weight is 476 g/mol. The Bertz CT molecular complexity index is 1230. The monoisotopic (exact) mass is 475 g/mol. The molecular formula is C22H26FN5O4S. The summed E-state index contributed by atoms with van der Waals surface area (Å²) in [5, 5.41) is 10.9. The summed E-state index contributed by atoms with van der Waals surface area (Å²) in [6.45, 7) is 1.41. The van der Waals surface area contributed by atoms with Crippen molar-refractivity contribution < 1.29 is 22.3 Å². The summed E-state index contributed by atoms with van der Waals surface area (Å²) < 4.78 is 48.0. The number of carbonyl (C=O) groups is 1. The number of piperidine rings is 1. The zero-order valence-electron chi connectivity index (χ0n) is 18.3. The predicted octanol–water partition coefficient (Wildman–Crippen LogP) is 2.08. The second kappa shape index (κ2) is 9.94.